The number of aliphatic carboxylic acids is 1. The van der Waals surface area contributed by atoms with Crippen LogP contribution < -0.4 is 0 Å². The molecule has 7 nitrogen and oxygen atoms in total. The fraction of sp³-hybridized carbons (Fsp3) is 0.750. The summed E-state index contributed by atoms with van der Waals surface area (Å²) in [7, 11) is 1.49. The second-order valence-corrected chi connectivity index (χ2v) is 13.5. The zero-order valence-corrected chi connectivity index (χ0v) is 22.3. The predicted molar refractivity (Wildman–Crippen MR) is 135 cm³/mol. The molecule has 6 rings (SSSR count). The molecule has 0 radical (unpaired) electrons. The van der Waals surface area contributed by atoms with Gasteiger partial charge in [-0.1, -0.05) is 31.6 Å². The van der Waals surface area contributed by atoms with E-state index in [4.69, 9.17) is 9.47 Å². The van der Waals surface area contributed by atoms with E-state index in [2.05, 4.69) is 20.4 Å². The van der Waals surface area contributed by atoms with Crippen molar-refractivity contribution in [2.24, 2.45) is 34.5 Å². The SMILES string of the molecule is C=C1CC[C@@H]2[C@](C)(CCC[C@]2(C)C(=O)OC)[C@H]1CCC1=C[C@@H]2O[C@@]13C(C(=O)N1CCS[C@H]13)[C@H]2C(=O)O. The Balaban J connectivity index is 1.30. The van der Waals surface area contributed by atoms with Crippen molar-refractivity contribution in [3.63, 3.8) is 0 Å². The summed E-state index contributed by atoms with van der Waals surface area (Å²) in [6, 6.07) is 0. The number of carbonyl (C=O) groups excluding carboxylic acids is 2. The number of hydrogen-bond donors (Lipinski definition) is 1. The van der Waals surface area contributed by atoms with E-state index in [0.717, 1.165) is 56.3 Å². The van der Waals surface area contributed by atoms with Gasteiger partial charge in [-0.15, -0.1) is 11.8 Å². The van der Waals surface area contributed by atoms with Crippen molar-refractivity contribution in [3.8, 4) is 0 Å². The molecule has 0 aromatic heterocycles. The van der Waals surface area contributed by atoms with Crippen molar-refractivity contribution in [1.82, 2.24) is 4.90 Å². The Labute approximate surface area is 217 Å². The van der Waals surface area contributed by atoms with Crippen molar-refractivity contribution in [2.45, 2.75) is 75.9 Å². The number of nitrogens with zero attached hydrogens (tertiary/aromatic N) is 1. The van der Waals surface area contributed by atoms with E-state index < -0.39 is 34.9 Å². The molecule has 8 heteroatoms. The molecule has 9 atom stereocenters. The number of hydrogen-bond acceptors (Lipinski definition) is 6. The molecule has 4 heterocycles. The lowest BCUT2D eigenvalue weighted by Crippen LogP contribution is -2.53. The Bertz CT molecular complexity index is 1070. The van der Waals surface area contributed by atoms with Gasteiger partial charge in [0.15, 0.2) is 0 Å². The Hall–Kier alpha value is -1.80. The summed E-state index contributed by atoms with van der Waals surface area (Å²) in [5.41, 5.74) is 1.01. The summed E-state index contributed by atoms with van der Waals surface area (Å²) in [4.78, 5) is 40.3. The number of thioether (sulfide) groups is 1. The van der Waals surface area contributed by atoms with Crippen LogP contribution in [0.4, 0.5) is 0 Å². The molecular formula is C28H37NO6S. The van der Waals surface area contributed by atoms with Gasteiger partial charge in [0, 0.05) is 12.3 Å². The first kappa shape index (κ1) is 24.5. The van der Waals surface area contributed by atoms with E-state index >= 15 is 0 Å². The minimum Gasteiger partial charge on any atom is -0.481 e. The van der Waals surface area contributed by atoms with E-state index in [-0.39, 0.29) is 34.5 Å². The summed E-state index contributed by atoms with van der Waals surface area (Å²) in [6.07, 6.45) is 7.91. The highest BCUT2D eigenvalue weighted by Gasteiger charge is 2.74. The van der Waals surface area contributed by atoms with Gasteiger partial charge in [-0.05, 0) is 68.3 Å². The molecule has 2 aliphatic carbocycles. The molecule has 196 valence electrons. The minimum atomic E-state index is -0.943. The van der Waals surface area contributed by atoms with Crippen LogP contribution in [0.25, 0.3) is 0 Å². The molecule has 1 spiro atoms. The van der Waals surface area contributed by atoms with E-state index in [0.29, 0.717) is 6.54 Å². The van der Waals surface area contributed by atoms with Crippen molar-refractivity contribution in [3.05, 3.63) is 23.8 Å². The second-order valence-electron chi connectivity index (χ2n) is 12.3. The number of carbonyl (C=O) groups is 3. The van der Waals surface area contributed by atoms with Crippen LogP contribution in [0.5, 0.6) is 0 Å². The summed E-state index contributed by atoms with van der Waals surface area (Å²) in [5.74, 6) is -1.18. The summed E-state index contributed by atoms with van der Waals surface area (Å²) in [5, 5.41) is 9.82. The molecule has 1 amide bonds. The van der Waals surface area contributed by atoms with Crippen LogP contribution in [0.15, 0.2) is 23.8 Å². The Morgan fingerprint density at radius 1 is 1.33 bits per heavy atom. The second kappa shape index (κ2) is 8.10. The molecule has 6 aliphatic rings. The lowest BCUT2D eigenvalue weighted by Gasteiger charge is -2.57. The first-order chi connectivity index (χ1) is 17.1. The topological polar surface area (TPSA) is 93.1 Å². The maximum Gasteiger partial charge on any atom is 0.311 e. The van der Waals surface area contributed by atoms with Crippen LogP contribution in [0.2, 0.25) is 0 Å². The zero-order chi connectivity index (χ0) is 25.6. The first-order valence-electron chi connectivity index (χ1n) is 13.4. The van der Waals surface area contributed by atoms with Crippen molar-refractivity contribution < 1.29 is 29.0 Å². The molecular weight excluding hydrogens is 478 g/mol. The molecule has 4 aliphatic heterocycles. The Morgan fingerprint density at radius 2 is 2.11 bits per heavy atom. The average Bonchev–Trinajstić information content (AvgIpc) is 3.57. The van der Waals surface area contributed by atoms with Crippen LogP contribution >= 0.6 is 11.8 Å². The fourth-order valence-electron chi connectivity index (χ4n) is 9.33. The van der Waals surface area contributed by atoms with Gasteiger partial charge in [0.2, 0.25) is 5.91 Å². The number of fused-ring (bicyclic) bond motifs is 3. The highest BCUT2D eigenvalue weighted by molar-refractivity contribution is 8.00. The maximum atomic E-state index is 13.4. The standard InChI is InChI=1S/C28H37NO6S/c1-15-6-9-19-26(2,10-5-11-27(19,3)25(33)34-4)17(15)8-7-16-14-18-20(23(31)32)21-22(30)29-12-13-36-24(29)28(16,21)35-18/h14,17-21,24H,1,5-13H2,2-4H3,(H,31,32)/t17-,18-,19+,20-,21?,24-,26+,27-,28+/m0/s1. The summed E-state index contributed by atoms with van der Waals surface area (Å²) in [6.45, 7) is 9.58. The third-order valence-electron chi connectivity index (χ3n) is 10.8. The van der Waals surface area contributed by atoms with Gasteiger partial charge in [0.1, 0.15) is 16.9 Å². The number of methoxy groups -OCH3 is 1. The van der Waals surface area contributed by atoms with Crippen molar-refractivity contribution in [1.29, 1.82) is 0 Å². The van der Waals surface area contributed by atoms with Gasteiger partial charge in [-0.25, -0.2) is 0 Å². The van der Waals surface area contributed by atoms with Crippen LogP contribution in [0.1, 0.15) is 58.8 Å². The van der Waals surface area contributed by atoms with Gasteiger partial charge in [-0.3, -0.25) is 14.4 Å². The number of carboxylic acids is 1. The quantitative estimate of drug-likeness (QED) is 0.437. The monoisotopic (exact) mass is 515 g/mol. The number of esters is 1. The van der Waals surface area contributed by atoms with Gasteiger partial charge in [0.05, 0.1) is 24.5 Å². The maximum absolute atomic E-state index is 13.4. The summed E-state index contributed by atoms with van der Waals surface area (Å²) < 4.78 is 11.8. The normalized spacial score (nSPS) is 46.9. The van der Waals surface area contributed by atoms with Gasteiger partial charge in [-0.2, -0.15) is 0 Å². The summed E-state index contributed by atoms with van der Waals surface area (Å²) >= 11 is 1.72. The molecule has 2 bridgehead atoms. The molecule has 36 heavy (non-hydrogen) atoms. The van der Waals surface area contributed by atoms with Gasteiger partial charge >= 0.3 is 11.9 Å². The zero-order valence-electron chi connectivity index (χ0n) is 21.5. The highest BCUT2D eigenvalue weighted by Crippen LogP contribution is 2.65. The van der Waals surface area contributed by atoms with Gasteiger partial charge < -0.3 is 19.5 Å². The Morgan fingerprint density at radius 3 is 2.83 bits per heavy atom. The lowest BCUT2D eigenvalue weighted by molar-refractivity contribution is -0.168. The van der Waals surface area contributed by atoms with Crippen molar-refractivity contribution >= 4 is 29.6 Å². The molecule has 5 fully saturated rings. The lowest BCUT2D eigenvalue weighted by atomic mass is 9.46. The third kappa shape index (κ3) is 2.94. The predicted octanol–water partition coefficient (Wildman–Crippen LogP) is 4.03. The van der Waals surface area contributed by atoms with Crippen LogP contribution in [0, 0.1) is 34.5 Å². The van der Waals surface area contributed by atoms with E-state index in [9.17, 15) is 19.5 Å². The molecule has 1 N–H and O–H groups in total. The number of amides is 1. The number of rotatable bonds is 5. The smallest absolute Gasteiger partial charge is 0.311 e. The van der Waals surface area contributed by atoms with Crippen LogP contribution in [-0.4, -0.2) is 64.3 Å². The Kier molecular flexibility index (Phi) is 5.52. The average molecular weight is 516 g/mol. The molecule has 2 saturated carbocycles. The van der Waals surface area contributed by atoms with E-state index in [1.54, 1.807) is 11.8 Å². The van der Waals surface area contributed by atoms with Crippen LogP contribution in [0.3, 0.4) is 0 Å². The number of ether oxygens (including phenoxy) is 2. The van der Waals surface area contributed by atoms with Crippen LogP contribution in [-0.2, 0) is 23.9 Å². The number of allylic oxidation sites excluding steroid dienone is 1. The van der Waals surface area contributed by atoms with Crippen molar-refractivity contribution in [2.75, 3.05) is 19.4 Å². The highest BCUT2D eigenvalue weighted by atomic mass is 32.2. The number of carboxylic acid groups (broad SMARTS) is 1. The molecule has 1 unspecified atom stereocenters. The molecule has 3 saturated heterocycles. The minimum absolute atomic E-state index is 0.0458. The van der Waals surface area contributed by atoms with Gasteiger partial charge in [0.25, 0.3) is 0 Å². The molecule has 0 aromatic rings. The first-order valence-corrected chi connectivity index (χ1v) is 14.4. The fourth-order valence-corrected chi connectivity index (χ4v) is 10.8. The van der Waals surface area contributed by atoms with E-state index in [1.807, 2.05) is 11.0 Å². The third-order valence-corrected chi connectivity index (χ3v) is 12.2. The molecule has 0 aromatic carbocycles. The largest absolute Gasteiger partial charge is 0.481 e. The van der Waals surface area contributed by atoms with E-state index in [1.165, 1.54) is 12.7 Å².